The maximum absolute atomic E-state index is 12.1. The minimum atomic E-state index is -0.823. The average molecular weight is 328 g/mol. The lowest BCUT2D eigenvalue weighted by molar-refractivity contribution is -0.137. The zero-order chi connectivity index (χ0) is 17.2. The first-order chi connectivity index (χ1) is 11.6. The third-order valence-corrected chi connectivity index (χ3v) is 3.33. The van der Waals surface area contributed by atoms with Crippen molar-refractivity contribution >= 4 is 11.9 Å². The molecule has 6 nitrogen and oxygen atoms in total. The lowest BCUT2D eigenvalue weighted by Gasteiger charge is -2.08. The normalized spacial score (nSPS) is 10.2. The van der Waals surface area contributed by atoms with E-state index >= 15 is 0 Å². The highest BCUT2D eigenvalue weighted by molar-refractivity contribution is 5.94. The number of unbranched alkanes of at least 4 members (excludes halogenated alkanes) is 1. The molecule has 0 saturated carbocycles. The smallest absolute Gasteiger partial charge is 0.303 e. The molecule has 0 fully saturated rings. The Hall–Kier alpha value is -2.89. The van der Waals surface area contributed by atoms with Crippen LogP contribution in [0.5, 0.6) is 5.88 Å². The van der Waals surface area contributed by atoms with Gasteiger partial charge in [0.25, 0.3) is 5.91 Å². The van der Waals surface area contributed by atoms with Crippen LogP contribution in [0.15, 0.2) is 48.7 Å². The molecule has 0 saturated heterocycles. The standard InChI is InChI=1S/C18H20N2O4/c21-17(22)8-4-5-10-20-18(23)15-9-11-19-16(12-15)24-13-14-6-2-1-3-7-14/h1-3,6-7,9,11-12H,4-5,8,10,13H2,(H,20,23)(H,21,22). The lowest BCUT2D eigenvalue weighted by atomic mass is 10.2. The van der Waals surface area contributed by atoms with Crippen LogP contribution >= 0.6 is 0 Å². The van der Waals surface area contributed by atoms with E-state index in [1.54, 1.807) is 12.1 Å². The molecule has 0 unspecified atom stereocenters. The van der Waals surface area contributed by atoms with Gasteiger partial charge in [0.05, 0.1) is 0 Å². The summed E-state index contributed by atoms with van der Waals surface area (Å²) in [6.07, 6.45) is 2.81. The second kappa shape index (κ2) is 9.29. The number of aliphatic carboxylic acids is 1. The summed E-state index contributed by atoms with van der Waals surface area (Å²) in [5.41, 5.74) is 1.49. The van der Waals surface area contributed by atoms with Crippen molar-refractivity contribution in [2.75, 3.05) is 6.54 Å². The van der Waals surface area contributed by atoms with Gasteiger partial charge >= 0.3 is 5.97 Å². The van der Waals surface area contributed by atoms with E-state index in [9.17, 15) is 9.59 Å². The van der Waals surface area contributed by atoms with E-state index in [1.807, 2.05) is 30.3 Å². The number of nitrogens with one attached hydrogen (secondary N) is 1. The van der Waals surface area contributed by atoms with Gasteiger partial charge in [-0.1, -0.05) is 30.3 Å². The largest absolute Gasteiger partial charge is 0.481 e. The number of nitrogens with zero attached hydrogens (tertiary/aromatic N) is 1. The Morgan fingerprint density at radius 3 is 2.67 bits per heavy atom. The molecule has 0 spiro atoms. The van der Waals surface area contributed by atoms with Gasteiger partial charge in [0.15, 0.2) is 0 Å². The van der Waals surface area contributed by atoms with Crippen molar-refractivity contribution in [1.82, 2.24) is 10.3 Å². The first-order valence-electron chi connectivity index (χ1n) is 7.78. The summed E-state index contributed by atoms with van der Waals surface area (Å²) >= 11 is 0. The first-order valence-corrected chi connectivity index (χ1v) is 7.78. The van der Waals surface area contributed by atoms with E-state index in [4.69, 9.17) is 9.84 Å². The Morgan fingerprint density at radius 2 is 1.92 bits per heavy atom. The first kappa shape index (κ1) is 17.5. The average Bonchev–Trinajstić information content (AvgIpc) is 2.60. The van der Waals surface area contributed by atoms with Crippen molar-refractivity contribution in [3.63, 3.8) is 0 Å². The number of aromatic nitrogens is 1. The molecule has 2 rings (SSSR count). The van der Waals surface area contributed by atoms with Gasteiger partial charge in [-0.05, 0) is 24.5 Å². The fourth-order valence-electron chi connectivity index (χ4n) is 2.07. The number of hydrogen-bond acceptors (Lipinski definition) is 4. The van der Waals surface area contributed by atoms with Crippen molar-refractivity contribution in [1.29, 1.82) is 0 Å². The summed E-state index contributed by atoms with van der Waals surface area (Å²) in [6.45, 7) is 0.822. The Kier molecular flexibility index (Phi) is 6.76. The van der Waals surface area contributed by atoms with Crippen LogP contribution in [0.4, 0.5) is 0 Å². The molecule has 2 N–H and O–H groups in total. The van der Waals surface area contributed by atoms with E-state index < -0.39 is 5.97 Å². The zero-order valence-electron chi connectivity index (χ0n) is 13.3. The van der Waals surface area contributed by atoms with Gasteiger partial charge in [-0.2, -0.15) is 0 Å². The van der Waals surface area contributed by atoms with E-state index in [1.165, 1.54) is 6.20 Å². The second-order valence-corrected chi connectivity index (χ2v) is 5.26. The van der Waals surface area contributed by atoms with E-state index in [0.29, 0.717) is 37.4 Å². The van der Waals surface area contributed by atoms with Gasteiger partial charge in [0.1, 0.15) is 6.61 Å². The summed E-state index contributed by atoms with van der Waals surface area (Å²) in [5, 5.41) is 11.3. The van der Waals surface area contributed by atoms with Crippen LogP contribution in [0.3, 0.4) is 0 Å². The number of carboxylic acids is 1. The van der Waals surface area contributed by atoms with Crippen LogP contribution in [0, 0.1) is 0 Å². The van der Waals surface area contributed by atoms with Crippen molar-refractivity contribution in [3.05, 3.63) is 59.8 Å². The number of hydrogen-bond donors (Lipinski definition) is 2. The van der Waals surface area contributed by atoms with Crippen molar-refractivity contribution in [2.24, 2.45) is 0 Å². The number of carbonyl (C=O) groups is 2. The predicted molar refractivity (Wildman–Crippen MR) is 88.8 cm³/mol. The topological polar surface area (TPSA) is 88.5 Å². The molecule has 1 aromatic carbocycles. The van der Waals surface area contributed by atoms with Crippen LogP contribution in [0.2, 0.25) is 0 Å². The SMILES string of the molecule is O=C(O)CCCCNC(=O)c1ccnc(OCc2ccccc2)c1. The van der Waals surface area contributed by atoms with Gasteiger partial charge in [0.2, 0.25) is 5.88 Å². The molecule has 0 aliphatic rings. The molecule has 1 amide bonds. The molecule has 0 bridgehead atoms. The summed E-state index contributed by atoms with van der Waals surface area (Å²) in [7, 11) is 0. The van der Waals surface area contributed by atoms with Gasteiger partial charge in [-0.15, -0.1) is 0 Å². The third kappa shape index (κ3) is 6.08. The molecule has 126 valence electrons. The molecule has 0 atom stereocenters. The van der Waals surface area contributed by atoms with Crippen molar-refractivity contribution in [2.45, 2.75) is 25.9 Å². The maximum atomic E-state index is 12.1. The monoisotopic (exact) mass is 328 g/mol. The number of rotatable bonds is 9. The lowest BCUT2D eigenvalue weighted by Crippen LogP contribution is -2.24. The Bertz CT molecular complexity index is 674. The molecule has 0 aliphatic carbocycles. The molecule has 0 radical (unpaired) electrons. The number of carbonyl (C=O) groups excluding carboxylic acids is 1. The highest BCUT2D eigenvalue weighted by Gasteiger charge is 2.07. The fraction of sp³-hybridized carbons (Fsp3) is 0.278. The summed E-state index contributed by atoms with van der Waals surface area (Å²) in [4.78, 5) is 26.6. The summed E-state index contributed by atoms with van der Waals surface area (Å²) in [5.74, 6) is -0.662. The highest BCUT2D eigenvalue weighted by atomic mass is 16.5. The molecule has 0 aliphatic heterocycles. The highest BCUT2D eigenvalue weighted by Crippen LogP contribution is 2.12. The molecule has 2 aromatic rings. The Morgan fingerprint density at radius 1 is 1.12 bits per heavy atom. The van der Waals surface area contributed by atoms with Gasteiger partial charge < -0.3 is 15.2 Å². The van der Waals surface area contributed by atoms with E-state index in [2.05, 4.69) is 10.3 Å². The van der Waals surface area contributed by atoms with Crippen LogP contribution in [-0.2, 0) is 11.4 Å². The van der Waals surface area contributed by atoms with Crippen LogP contribution in [-0.4, -0.2) is 28.5 Å². The minimum absolute atomic E-state index is 0.114. The minimum Gasteiger partial charge on any atom is -0.481 e. The summed E-state index contributed by atoms with van der Waals surface area (Å²) < 4.78 is 5.60. The maximum Gasteiger partial charge on any atom is 0.303 e. The Labute approximate surface area is 140 Å². The van der Waals surface area contributed by atoms with Gasteiger partial charge in [0, 0.05) is 30.8 Å². The van der Waals surface area contributed by atoms with Gasteiger partial charge in [-0.3, -0.25) is 9.59 Å². The molecular formula is C18H20N2O4. The number of benzene rings is 1. The van der Waals surface area contributed by atoms with E-state index in [0.717, 1.165) is 5.56 Å². The number of amides is 1. The van der Waals surface area contributed by atoms with Crippen LogP contribution < -0.4 is 10.1 Å². The van der Waals surface area contributed by atoms with Crippen molar-refractivity contribution < 1.29 is 19.4 Å². The molecule has 6 heteroatoms. The summed E-state index contributed by atoms with van der Waals surface area (Å²) in [6, 6.07) is 12.9. The molecule has 24 heavy (non-hydrogen) atoms. The Balaban J connectivity index is 1.80. The van der Waals surface area contributed by atoms with Crippen LogP contribution in [0.25, 0.3) is 0 Å². The number of ether oxygens (including phenoxy) is 1. The molecular weight excluding hydrogens is 308 g/mol. The quantitative estimate of drug-likeness (QED) is 0.691. The number of carboxylic acid groups (broad SMARTS) is 1. The van der Waals surface area contributed by atoms with Gasteiger partial charge in [-0.25, -0.2) is 4.98 Å². The van der Waals surface area contributed by atoms with E-state index in [-0.39, 0.29) is 12.3 Å². The molecule has 1 heterocycles. The number of pyridine rings is 1. The fourth-order valence-corrected chi connectivity index (χ4v) is 2.07. The van der Waals surface area contributed by atoms with Crippen LogP contribution in [0.1, 0.15) is 35.2 Å². The predicted octanol–water partition coefficient (Wildman–Crippen LogP) is 2.65. The third-order valence-electron chi connectivity index (χ3n) is 3.33. The van der Waals surface area contributed by atoms with Crippen molar-refractivity contribution in [3.8, 4) is 5.88 Å². The molecule has 1 aromatic heterocycles. The second-order valence-electron chi connectivity index (χ2n) is 5.26. The zero-order valence-corrected chi connectivity index (χ0v) is 13.3.